The molecule has 0 saturated heterocycles. The van der Waals surface area contributed by atoms with Crippen LogP contribution in [0.3, 0.4) is 0 Å². The second-order valence-electron chi connectivity index (χ2n) is 4.86. The van der Waals surface area contributed by atoms with E-state index < -0.39 is 0 Å². The van der Waals surface area contributed by atoms with Crippen LogP contribution in [0.4, 0.5) is 5.69 Å². The SMILES string of the molecule is COc1cc(C)c(Cl)c(C)c1NCCNC1CC1. The minimum atomic E-state index is 0.747. The number of hydrogen-bond acceptors (Lipinski definition) is 3. The standard InChI is InChI=1S/C14H21ClN2O/c1-9-8-12(18-3)14(10(2)13(9)15)17-7-6-16-11-4-5-11/h8,11,16-17H,4-7H2,1-3H3. The zero-order valence-electron chi connectivity index (χ0n) is 11.3. The average Bonchev–Trinajstić information content (AvgIpc) is 3.17. The van der Waals surface area contributed by atoms with Gasteiger partial charge in [0.1, 0.15) is 5.75 Å². The molecule has 0 unspecified atom stereocenters. The highest BCUT2D eigenvalue weighted by atomic mass is 35.5. The van der Waals surface area contributed by atoms with Gasteiger partial charge in [0, 0.05) is 24.2 Å². The van der Waals surface area contributed by atoms with Crippen LogP contribution in [0.25, 0.3) is 0 Å². The van der Waals surface area contributed by atoms with Crippen molar-refractivity contribution >= 4 is 17.3 Å². The maximum absolute atomic E-state index is 6.27. The van der Waals surface area contributed by atoms with Gasteiger partial charge in [-0.25, -0.2) is 0 Å². The van der Waals surface area contributed by atoms with E-state index in [1.165, 1.54) is 12.8 Å². The first kappa shape index (κ1) is 13.5. The van der Waals surface area contributed by atoms with E-state index >= 15 is 0 Å². The van der Waals surface area contributed by atoms with Crippen LogP contribution >= 0.6 is 11.6 Å². The number of nitrogens with one attached hydrogen (secondary N) is 2. The number of methoxy groups -OCH3 is 1. The fourth-order valence-corrected chi connectivity index (χ4v) is 2.20. The molecule has 1 aromatic carbocycles. The van der Waals surface area contributed by atoms with E-state index in [9.17, 15) is 0 Å². The van der Waals surface area contributed by atoms with Gasteiger partial charge in [0.15, 0.2) is 0 Å². The molecule has 1 aliphatic carbocycles. The molecule has 0 spiro atoms. The van der Waals surface area contributed by atoms with Gasteiger partial charge in [0.25, 0.3) is 0 Å². The molecular formula is C14H21ClN2O. The predicted octanol–water partition coefficient (Wildman–Crippen LogP) is 3.13. The Morgan fingerprint density at radius 3 is 2.67 bits per heavy atom. The Balaban J connectivity index is 2.02. The lowest BCUT2D eigenvalue weighted by Gasteiger charge is -2.17. The van der Waals surface area contributed by atoms with E-state index in [2.05, 4.69) is 10.6 Å². The number of hydrogen-bond donors (Lipinski definition) is 2. The molecule has 1 saturated carbocycles. The highest BCUT2D eigenvalue weighted by molar-refractivity contribution is 6.32. The summed E-state index contributed by atoms with van der Waals surface area (Å²) in [6.45, 7) is 5.87. The van der Waals surface area contributed by atoms with Gasteiger partial charge in [-0.05, 0) is 43.9 Å². The second kappa shape index (κ2) is 5.81. The summed E-state index contributed by atoms with van der Waals surface area (Å²) in [5.41, 5.74) is 3.11. The van der Waals surface area contributed by atoms with Crippen LogP contribution in [0.5, 0.6) is 5.75 Å². The molecule has 0 aliphatic heterocycles. The molecule has 0 radical (unpaired) electrons. The van der Waals surface area contributed by atoms with Crippen molar-refractivity contribution in [1.29, 1.82) is 0 Å². The number of ether oxygens (including phenoxy) is 1. The molecule has 2 N–H and O–H groups in total. The molecule has 1 fully saturated rings. The quantitative estimate of drug-likeness (QED) is 0.778. The van der Waals surface area contributed by atoms with Crippen molar-refractivity contribution in [3.63, 3.8) is 0 Å². The molecule has 0 amide bonds. The zero-order valence-corrected chi connectivity index (χ0v) is 12.0. The topological polar surface area (TPSA) is 33.3 Å². The van der Waals surface area contributed by atoms with Crippen molar-refractivity contribution in [3.05, 3.63) is 22.2 Å². The fraction of sp³-hybridized carbons (Fsp3) is 0.571. The Bertz CT molecular complexity index is 430. The summed E-state index contributed by atoms with van der Waals surface area (Å²) in [6, 6.07) is 2.72. The third kappa shape index (κ3) is 3.09. The fourth-order valence-electron chi connectivity index (χ4n) is 2.05. The monoisotopic (exact) mass is 268 g/mol. The summed E-state index contributed by atoms with van der Waals surface area (Å²) in [5, 5.41) is 7.70. The van der Waals surface area contributed by atoms with Gasteiger partial charge in [-0.3, -0.25) is 0 Å². The van der Waals surface area contributed by atoms with Crippen LogP contribution in [0.1, 0.15) is 24.0 Å². The summed E-state index contributed by atoms with van der Waals surface area (Å²) in [4.78, 5) is 0. The maximum atomic E-state index is 6.27. The summed E-state index contributed by atoms with van der Waals surface area (Å²) < 4.78 is 5.41. The van der Waals surface area contributed by atoms with Crippen molar-refractivity contribution in [2.45, 2.75) is 32.7 Å². The normalized spacial score (nSPS) is 14.7. The number of anilines is 1. The molecule has 100 valence electrons. The first-order valence-corrected chi connectivity index (χ1v) is 6.82. The van der Waals surface area contributed by atoms with Crippen LogP contribution in [-0.2, 0) is 0 Å². The van der Waals surface area contributed by atoms with Gasteiger partial charge < -0.3 is 15.4 Å². The molecule has 1 aliphatic rings. The van der Waals surface area contributed by atoms with E-state index in [1.807, 2.05) is 19.9 Å². The van der Waals surface area contributed by atoms with Crippen molar-refractivity contribution in [1.82, 2.24) is 5.32 Å². The highest BCUT2D eigenvalue weighted by Crippen LogP contribution is 2.35. The van der Waals surface area contributed by atoms with Crippen molar-refractivity contribution in [2.75, 3.05) is 25.5 Å². The lowest BCUT2D eigenvalue weighted by Crippen LogP contribution is -2.24. The van der Waals surface area contributed by atoms with Crippen LogP contribution in [0, 0.1) is 13.8 Å². The number of halogens is 1. The first-order valence-electron chi connectivity index (χ1n) is 6.44. The molecule has 1 aromatic rings. The Morgan fingerprint density at radius 2 is 2.06 bits per heavy atom. The van der Waals surface area contributed by atoms with Gasteiger partial charge in [-0.15, -0.1) is 0 Å². The Labute approximate surface area is 114 Å². The molecule has 4 heteroatoms. The van der Waals surface area contributed by atoms with E-state index in [4.69, 9.17) is 16.3 Å². The highest BCUT2D eigenvalue weighted by Gasteiger charge is 2.19. The van der Waals surface area contributed by atoms with Crippen LogP contribution in [0.2, 0.25) is 5.02 Å². The lowest BCUT2D eigenvalue weighted by atomic mass is 10.1. The average molecular weight is 269 g/mol. The predicted molar refractivity (Wildman–Crippen MR) is 77.0 cm³/mol. The van der Waals surface area contributed by atoms with Crippen molar-refractivity contribution in [3.8, 4) is 5.75 Å². The zero-order chi connectivity index (χ0) is 13.1. The van der Waals surface area contributed by atoms with Crippen molar-refractivity contribution in [2.24, 2.45) is 0 Å². The third-order valence-corrected chi connectivity index (χ3v) is 3.88. The first-order chi connectivity index (χ1) is 8.63. The van der Waals surface area contributed by atoms with Gasteiger partial charge in [-0.2, -0.15) is 0 Å². The second-order valence-corrected chi connectivity index (χ2v) is 5.24. The van der Waals surface area contributed by atoms with E-state index in [-0.39, 0.29) is 0 Å². The molecule has 0 atom stereocenters. The van der Waals surface area contributed by atoms with Crippen LogP contribution in [-0.4, -0.2) is 26.2 Å². The maximum Gasteiger partial charge on any atom is 0.142 e. The van der Waals surface area contributed by atoms with Gasteiger partial charge >= 0.3 is 0 Å². The summed E-state index contributed by atoms with van der Waals surface area (Å²) in [7, 11) is 1.69. The molecule has 0 bridgehead atoms. The Morgan fingerprint density at radius 1 is 1.33 bits per heavy atom. The van der Waals surface area contributed by atoms with Crippen molar-refractivity contribution < 1.29 is 4.74 Å². The Hall–Kier alpha value is -0.930. The van der Waals surface area contributed by atoms with E-state index in [0.717, 1.165) is 46.7 Å². The number of aryl methyl sites for hydroxylation is 1. The largest absolute Gasteiger partial charge is 0.495 e. The Kier molecular flexibility index (Phi) is 4.36. The lowest BCUT2D eigenvalue weighted by molar-refractivity contribution is 0.416. The molecule has 0 heterocycles. The van der Waals surface area contributed by atoms with Gasteiger partial charge in [0.05, 0.1) is 12.8 Å². The van der Waals surface area contributed by atoms with Crippen LogP contribution in [0.15, 0.2) is 6.07 Å². The van der Waals surface area contributed by atoms with E-state index in [1.54, 1.807) is 7.11 Å². The van der Waals surface area contributed by atoms with Gasteiger partial charge in [0.2, 0.25) is 0 Å². The number of rotatable bonds is 6. The van der Waals surface area contributed by atoms with Gasteiger partial charge in [-0.1, -0.05) is 11.6 Å². The molecule has 2 rings (SSSR count). The minimum absolute atomic E-state index is 0.747. The smallest absolute Gasteiger partial charge is 0.142 e. The summed E-state index contributed by atoms with van der Waals surface area (Å²) in [5.74, 6) is 0.862. The molecule has 0 aromatic heterocycles. The molecule has 18 heavy (non-hydrogen) atoms. The molecule has 3 nitrogen and oxygen atoms in total. The minimum Gasteiger partial charge on any atom is -0.495 e. The number of benzene rings is 1. The summed E-state index contributed by atoms with van der Waals surface area (Å²) >= 11 is 6.27. The third-order valence-electron chi connectivity index (χ3n) is 3.30. The summed E-state index contributed by atoms with van der Waals surface area (Å²) in [6.07, 6.45) is 2.64. The van der Waals surface area contributed by atoms with Crippen LogP contribution < -0.4 is 15.4 Å². The molecular weight excluding hydrogens is 248 g/mol. The van der Waals surface area contributed by atoms with E-state index in [0.29, 0.717) is 0 Å².